The van der Waals surface area contributed by atoms with Crippen LogP contribution in [0.25, 0.3) is 0 Å². The summed E-state index contributed by atoms with van der Waals surface area (Å²) in [4.78, 5) is 11.0. The van der Waals surface area contributed by atoms with Crippen molar-refractivity contribution in [2.45, 2.75) is 52.1 Å². The van der Waals surface area contributed by atoms with Gasteiger partial charge in [-0.05, 0) is 37.0 Å². The Morgan fingerprint density at radius 2 is 2.14 bits per heavy atom. The van der Waals surface area contributed by atoms with Crippen LogP contribution in [0.3, 0.4) is 0 Å². The molecule has 0 heterocycles. The molecular weight excluding hydrogens is 180 g/mol. The van der Waals surface area contributed by atoms with Gasteiger partial charge in [-0.1, -0.05) is 20.8 Å². The highest BCUT2D eigenvalue weighted by Gasteiger charge is 2.47. The van der Waals surface area contributed by atoms with Crippen molar-refractivity contribution < 1.29 is 15.0 Å². The topological polar surface area (TPSA) is 57.5 Å². The molecule has 2 N–H and O–H groups in total. The summed E-state index contributed by atoms with van der Waals surface area (Å²) in [6, 6.07) is 0. The second kappa shape index (κ2) is 3.54. The summed E-state index contributed by atoms with van der Waals surface area (Å²) in [5, 5.41) is 19.0. The Bertz CT molecular complexity index is 235. The van der Waals surface area contributed by atoms with Crippen molar-refractivity contribution in [2.75, 3.05) is 0 Å². The van der Waals surface area contributed by atoms with Crippen molar-refractivity contribution in [2.24, 2.45) is 11.3 Å². The predicted octanol–water partition coefficient (Wildman–Crippen LogP) is 2.04. The van der Waals surface area contributed by atoms with E-state index in [4.69, 9.17) is 5.11 Å². The fourth-order valence-corrected chi connectivity index (χ4v) is 2.46. The monoisotopic (exact) mass is 200 g/mol. The maximum absolute atomic E-state index is 11.0. The number of aliphatic hydroxyl groups is 1. The molecule has 1 rings (SSSR count). The summed E-state index contributed by atoms with van der Waals surface area (Å²) in [5.41, 5.74) is -1.32. The van der Waals surface area contributed by atoms with Gasteiger partial charge in [0.25, 0.3) is 0 Å². The number of hydrogen-bond acceptors (Lipinski definition) is 2. The number of carboxylic acids is 1. The van der Waals surface area contributed by atoms with E-state index in [0.717, 1.165) is 19.3 Å². The summed E-state index contributed by atoms with van der Waals surface area (Å²) in [7, 11) is 0. The van der Waals surface area contributed by atoms with Crippen LogP contribution >= 0.6 is 0 Å². The first kappa shape index (κ1) is 11.5. The van der Waals surface area contributed by atoms with Gasteiger partial charge in [-0.15, -0.1) is 0 Å². The van der Waals surface area contributed by atoms with Crippen LogP contribution in [-0.2, 0) is 4.79 Å². The van der Waals surface area contributed by atoms with E-state index in [1.807, 2.05) is 0 Å². The fraction of sp³-hybridized carbons (Fsp3) is 0.909. The van der Waals surface area contributed by atoms with Crippen LogP contribution in [0.5, 0.6) is 0 Å². The van der Waals surface area contributed by atoms with Crippen LogP contribution in [0.15, 0.2) is 0 Å². The van der Waals surface area contributed by atoms with E-state index < -0.39 is 11.6 Å². The average Bonchev–Trinajstić information content (AvgIpc) is 2.44. The zero-order valence-electron chi connectivity index (χ0n) is 9.21. The van der Waals surface area contributed by atoms with Gasteiger partial charge in [0.2, 0.25) is 0 Å². The predicted molar refractivity (Wildman–Crippen MR) is 54.0 cm³/mol. The molecule has 0 aliphatic heterocycles. The van der Waals surface area contributed by atoms with Crippen molar-refractivity contribution in [1.29, 1.82) is 0 Å². The molecule has 0 aromatic rings. The van der Waals surface area contributed by atoms with Crippen molar-refractivity contribution >= 4 is 5.97 Å². The third kappa shape index (κ3) is 1.92. The molecule has 0 spiro atoms. The normalized spacial score (nSPS) is 29.9. The van der Waals surface area contributed by atoms with E-state index >= 15 is 0 Å². The number of carbonyl (C=O) groups is 1. The van der Waals surface area contributed by atoms with Gasteiger partial charge < -0.3 is 10.2 Å². The van der Waals surface area contributed by atoms with E-state index in [-0.39, 0.29) is 11.3 Å². The van der Waals surface area contributed by atoms with E-state index in [9.17, 15) is 9.90 Å². The van der Waals surface area contributed by atoms with Crippen LogP contribution in [0.1, 0.15) is 46.5 Å². The SMILES string of the molecule is CCC(O)(C(=O)O)C1CCC(C)(C)C1. The Morgan fingerprint density at radius 3 is 2.43 bits per heavy atom. The van der Waals surface area contributed by atoms with Crippen LogP contribution < -0.4 is 0 Å². The Labute approximate surface area is 85.1 Å². The molecule has 0 bridgehead atoms. The first-order valence-electron chi connectivity index (χ1n) is 5.27. The standard InChI is InChI=1S/C11H20O3/c1-4-11(14,9(12)13)8-5-6-10(2,3)7-8/h8,14H,4-7H2,1-3H3,(H,12,13). The summed E-state index contributed by atoms with van der Waals surface area (Å²) in [6.07, 6.45) is 2.93. The van der Waals surface area contributed by atoms with Gasteiger partial charge in [0.05, 0.1) is 0 Å². The van der Waals surface area contributed by atoms with Gasteiger partial charge in [-0.3, -0.25) is 0 Å². The minimum atomic E-state index is -1.51. The Morgan fingerprint density at radius 1 is 1.57 bits per heavy atom. The van der Waals surface area contributed by atoms with Gasteiger partial charge in [0, 0.05) is 0 Å². The lowest BCUT2D eigenvalue weighted by atomic mass is 9.81. The molecule has 1 aliphatic carbocycles. The molecule has 2 atom stereocenters. The van der Waals surface area contributed by atoms with Crippen molar-refractivity contribution in [1.82, 2.24) is 0 Å². The molecule has 2 unspecified atom stereocenters. The lowest BCUT2D eigenvalue weighted by Crippen LogP contribution is -2.44. The highest BCUT2D eigenvalue weighted by atomic mass is 16.4. The molecule has 1 fully saturated rings. The minimum Gasteiger partial charge on any atom is -0.479 e. The number of aliphatic carboxylic acids is 1. The van der Waals surface area contributed by atoms with E-state index in [2.05, 4.69) is 13.8 Å². The maximum Gasteiger partial charge on any atom is 0.335 e. The quantitative estimate of drug-likeness (QED) is 0.733. The molecule has 1 aliphatic rings. The van der Waals surface area contributed by atoms with Gasteiger partial charge in [0.15, 0.2) is 5.60 Å². The number of rotatable bonds is 3. The van der Waals surface area contributed by atoms with Crippen LogP contribution in [0, 0.1) is 11.3 Å². The third-order valence-corrected chi connectivity index (χ3v) is 3.55. The molecular formula is C11H20O3. The zero-order chi connectivity index (χ0) is 11.0. The molecule has 0 amide bonds. The average molecular weight is 200 g/mol. The largest absolute Gasteiger partial charge is 0.479 e. The smallest absolute Gasteiger partial charge is 0.335 e. The molecule has 14 heavy (non-hydrogen) atoms. The van der Waals surface area contributed by atoms with E-state index in [1.165, 1.54) is 0 Å². The van der Waals surface area contributed by atoms with Gasteiger partial charge in [0.1, 0.15) is 0 Å². The van der Waals surface area contributed by atoms with Crippen LogP contribution in [0.2, 0.25) is 0 Å². The molecule has 0 saturated heterocycles. The maximum atomic E-state index is 11.0. The van der Waals surface area contributed by atoms with Crippen molar-refractivity contribution in [3.63, 3.8) is 0 Å². The molecule has 0 aromatic carbocycles. The van der Waals surface area contributed by atoms with Crippen LogP contribution in [-0.4, -0.2) is 21.8 Å². The fourth-order valence-electron chi connectivity index (χ4n) is 2.46. The first-order chi connectivity index (χ1) is 6.32. The Kier molecular flexibility index (Phi) is 2.91. The first-order valence-corrected chi connectivity index (χ1v) is 5.27. The van der Waals surface area contributed by atoms with Crippen LogP contribution in [0.4, 0.5) is 0 Å². The van der Waals surface area contributed by atoms with Gasteiger partial charge in [-0.2, -0.15) is 0 Å². The molecule has 3 nitrogen and oxygen atoms in total. The minimum absolute atomic E-state index is 0.0833. The summed E-state index contributed by atoms with van der Waals surface area (Å²) >= 11 is 0. The lowest BCUT2D eigenvalue weighted by molar-refractivity contribution is -0.165. The molecule has 3 heteroatoms. The number of carboxylic acid groups (broad SMARTS) is 1. The highest BCUT2D eigenvalue weighted by Crippen LogP contribution is 2.46. The second-order valence-corrected chi connectivity index (χ2v) is 5.19. The lowest BCUT2D eigenvalue weighted by Gasteiger charge is -2.29. The zero-order valence-corrected chi connectivity index (χ0v) is 9.21. The van der Waals surface area contributed by atoms with Crippen molar-refractivity contribution in [3.05, 3.63) is 0 Å². The second-order valence-electron chi connectivity index (χ2n) is 5.19. The highest BCUT2D eigenvalue weighted by molar-refractivity contribution is 5.77. The van der Waals surface area contributed by atoms with Crippen molar-refractivity contribution in [3.8, 4) is 0 Å². The van der Waals surface area contributed by atoms with E-state index in [0.29, 0.717) is 6.42 Å². The van der Waals surface area contributed by atoms with Gasteiger partial charge in [-0.25, -0.2) is 4.79 Å². The summed E-state index contributed by atoms with van der Waals surface area (Å²) in [5.74, 6) is -1.15. The Hall–Kier alpha value is -0.570. The summed E-state index contributed by atoms with van der Waals surface area (Å²) in [6.45, 7) is 6.00. The Balaban J connectivity index is 2.78. The third-order valence-electron chi connectivity index (χ3n) is 3.55. The van der Waals surface area contributed by atoms with E-state index in [1.54, 1.807) is 6.92 Å². The molecule has 0 aromatic heterocycles. The molecule has 1 saturated carbocycles. The molecule has 82 valence electrons. The summed E-state index contributed by atoms with van der Waals surface area (Å²) < 4.78 is 0. The number of hydrogen-bond donors (Lipinski definition) is 2. The molecule has 0 radical (unpaired) electrons. The van der Waals surface area contributed by atoms with Gasteiger partial charge >= 0.3 is 5.97 Å².